The van der Waals surface area contributed by atoms with Crippen LogP contribution in [-0.2, 0) is 10.3 Å². The van der Waals surface area contributed by atoms with Crippen molar-refractivity contribution in [3.63, 3.8) is 0 Å². The zero-order chi connectivity index (χ0) is 17.1. The highest BCUT2D eigenvalue weighted by Gasteiger charge is 2.42. The Labute approximate surface area is 145 Å². The molecule has 1 aliphatic carbocycles. The quantitative estimate of drug-likeness (QED) is 0.795. The third-order valence-corrected chi connectivity index (χ3v) is 4.90. The molecule has 128 valence electrons. The largest absolute Gasteiger partial charge is 0.324 e. The van der Waals surface area contributed by atoms with Gasteiger partial charge in [0, 0.05) is 23.8 Å². The molecule has 0 unspecified atom stereocenters. The fraction of sp³-hybridized carbons (Fsp3) is 0.333. The topological polar surface area (TPSA) is 77.6 Å². The van der Waals surface area contributed by atoms with Crippen LogP contribution in [0.25, 0.3) is 5.69 Å². The van der Waals surface area contributed by atoms with E-state index < -0.39 is 5.54 Å². The number of tetrazole rings is 1. The highest BCUT2D eigenvalue weighted by Crippen LogP contribution is 2.35. The average Bonchev–Trinajstić information content (AvgIpc) is 3.36. The molecule has 1 N–H and O–H groups in total. The predicted molar refractivity (Wildman–Crippen MR) is 93.3 cm³/mol. The van der Waals surface area contributed by atoms with E-state index in [1.54, 1.807) is 11.0 Å². The van der Waals surface area contributed by atoms with Crippen molar-refractivity contribution in [2.24, 2.45) is 0 Å². The molecule has 25 heavy (non-hydrogen) atoms. The van der Waals surface area contributed by atoms with Crippen molar-refractivity contribution < 1.29 is 4.79 Å². The molecule has 0 radical (unpaired) electrons. The second-order valence-corrected chi connectivity index (χ2v) is 6.44. The molecule has 1 aliphatic rings. The van der Waals surface area contributed by atoms with Crippen LogP contribution in [0, 0.1) is 0 Å². The van der Waals surface area contributed by atoms with Crippen LogP contribution < -0.4 is 5.32 Å². The van der Waals surface area contributed by atoms with Gasteiger partial charge in [-0.1, -0.05) is 25.3 Å². The number of rotatable bonds is 4. The summed E-state index contributed by atoms with van der Waals surface area (Å²) in [5.74, 6) is -0.0517. The molecule has 1 saturated carbocycles. The van der Waals surface area contributed by atoms with Crippen LogP contribution in [-0.4, -0.2) is 30.7 Å². The van der Waals surface area contributed by atoms with Crippen molar-refractivity contribution in [2.45, 2.75) is 37.6 Å². The minimum absolute atomic E-state index is 0.0517. The summed E-state index contributed by atoms with van der Waals surface area (Å²) in [4.78, 5) is 13.2. The molecule has 7 heteroatoms. The Balaban J connectivity index is 1.61. The van der Waals surface area contributed by atoms with Gasteiger partial charge in [-0.05, 0) is 53.6 Å². The van der Waals surface area contributed by atoms with Gasteiger partial charge in [0.2, 0.25) is 0 Å². The third-order valence-electron chi connectivity index (χ3n) is 4.90. The first kappa shape index (κ1) is 15.6. The zero-order valence-electron chi connectivity index (χ0n) is 13.9. The van der Waals surface area contributed by atoms with Crippen molar-refractivity contribution in [1.82, 2.24) is 24.8 Å². The lowest BCUT2D eigenvalue weighted by Crippen LogP contribution is -2.47. The molecule has 0 saturated heterocycles. The van der Waals surface area contributed by atoms with Gasteiger partial charge in [-0.25, -0.2) is 4.68 Å². The lowest BCUT2D eigenvalue weighted by molar-refractivity contribution is -0.126. The first-order valence-electron chi connectivity index (χ1n) is 8.56. The van der Waals surface area contributed by atoms with Crippen LogP contribution in [0.15, 0.2) is 55.1 Å². The van der Waals surface area contributed by atoms with E-state index in [2.05, 4.69) is 20.8 Å². The molecule has 1 fully saturated rings. The Hall–Kier alpha value is -2.96. The van der Waals surface area contributed by atoms with E-state index in [-0.39, 0.29) is 5.91 Å². The van der Waals surface area contributed by atoms with Gasteiger partial charge >= 0.3 is 0 Å². The van der Waals surface area contributed by atoms with Crippen LogP contribution in [0.2, 0.25) is 0 Å². The summed E-state index contributed by atoms with van der Waals surface area (Å²) in [6.45, 7) is 0. The van der Waals surface area contributed by atoms with Crippen molar-refractivity contribution in [3.8, 4) is 5.69 Å². The normalized spacial score (nSPS) is 16.5. The van der Waals surface area contributed by atoms with Crippen molar-refractivity contribution in [1.29, 1.82) is 0 Å². The second-order valence-electron chi connectivity index (χ2n) is 6.44. The summed E-state index contributed by atoms with van der Waals surface area (Å²) < 4.78 is 3.63. The van der Waals surface area contributed by atoms with Crippen LogP contribution in [0.4, 0.5) is 5.69 Å². The first-order valence-corrected chi connectivity index (χ1v) is 8.56. The smallest absolute Gasteiger partial charge is 0.252 e. The molecule has 2 heterocycles. The number of nitrogens with zero attached hydrogens (tertiary/aromatic N) is 5. The van der Waals surface area contributed by atoms with E-state index >= 15 is 0 Å². The van der Waals surface area contributed by atoms with E-state index in [0.717, 1.165) is 43.5 Å². The minimum atomic E-state index is -0.703. The molecule has 2 aromatic heterocycles. The van der Waals surface area contributed by atoms with Gasteiger partial charge in [-0.3, -0.25) is 4.79 Å². The van der Waals surface area contributed by atoms with Gasteiger partial charge in [-0.2, -0.15) is 0 Å². The SMILES string of the molecule is O=C(Nc1cccc(-n2cccc2)c1)C1(n2cnnn2)CCCCC1. The highest BCUT2D eigenvalue weighted by atomic mass is 16.2. The molecule has 3 aromatic rings. The Bertz CT molecular complexity index is 834. The molecular formula is C18H20N6O. The molecule has 0 atom stereocenters. The number of hydrogen-bond donors (Lipinski definition) is 1. The third kappa shape index (κ3) is 2.93. The maximum atomic E-state index is 13.2. The maximum absolute atomic E-state index is 13.2. The Morgan fingerprint density at radius 3 is 2.60 bits per heavy atom. The summed E-state index contributed by atoms with van der Waals surface area (Å²) in [6.07, 6.45) is 10.1. The predicted octanol–water partition coefficient (Wildman–Crippen LogP) is 2.76. The van der Waals surface area contributed by atoms with Crippen LogP contribution in [0.5, 0.6) is 0 Å². The van der Waals surface area contributed by atoms with Gasteiger partial charge in [0.15, 0.2) is 0 Å². The Morgan fingerprint density at radius 1 is 1.08 bits per heavy atom. The van der Waals surface area contributed by atoms with Crippen molar-refractivity contribution in [2.75, 3.05) is 5.32 Å². The standard InChI is InChI=1S/C18H20N6O/c25-17(18(9-2-1-3-10-18)24-14-19-21-22-24)20-15-7-6-8-16(13-15)23-11-4-5-12-23/h4-8,11-14H,1-3,9-10H2,(H,20,25). The average molecular weight is 336 g/mol. The molecule has 0 aliphatic heterocycles. The summed E-state index contributed by atoms with van der Waals surface area (Å²) in [5.41, 5.74) is 1.07. The minimum Gasteiger partial charge on any atom is -0.324 e. The number of anilines is 1. The van der Waals surface area contributed by atoms with Crippen molar-refractivity contribution in [3.05, 3.63) is 55.1 Å². The van der Waals surface area contributed by atoms with E-state index in [0.29, 0.717) is 0 Å². The second kappa shape index (κ2) is 6.51. The molecule has 0 bridgehead atoms. The van der Waals surface area contributed by atoms with Gasteiger partial charge < -0.3 is 9.88 Å². The number of aromatic nitrogens is 5. The lowest BCUT2D eigenvalue weighted by Gasteiger charge is -2.35. The number of nitrogens with one attached hydrogen (secondary N) is 1. The van der Waals surface area contributed by atoms with E-state index in [1.807, 2.05) is 53.4 Å². The fourth-order valence-corrected chi connectivity index (χ4v) is 3.55. The maximum Gasteiger partial charge on any atom is 0.252 e. The van der Waals surface area contributed by atoms with E-state index in [4.69, 9.17) is 0 Å². The fourth-order valence-electron chi connectivity index (χ4n) is 3.55. The van der Waals surface area contributed by atoms with Crippen LogP contribution >= 0.6 is 0 Å². The van der Waals surface area contributed by atoms with Crippen LogP contribution in [0.3, 0.4) is 0 Å². The molecule has 4 rings (SSSR count). The number of hydrogen-bond acceptors (Lipinski definition) is 4. The molecule has 7 nitrogen and oxygen atoms in total. The summed E-state index contributed by atoms with van der Waals surface area (Å²) in [6, 6.07) is 11.8. The van der Waals surface area contributed by atoms with Crippen molar-refractivity contribution >= 4 is 11.6 Å². The molecule has 0 spiro atoms. The Kier molecular flexibility index (Phi) is 4.05. The number of carbonyl (C=O) groups excluding carboxylic acids is 1. The number of benzene rings is 1. The first-order chi connectivity index (χ1) is 12.3. The monoisotopic (exact) mass is 336 g/mol. The van der Waals surface area contributed by atoms with Gasteiger partial charge in [-0.15, -0.1) is 5.10 Å². The Morgan fingerprint density at radius 2 is 1.88 bits per heavy atom. The highest BCUT2D eigenvalue weighted by molar-refractivity contribution is 5.96. The molecule has 1 amide bonds. The molecule has 1 aromatic carbocycles. The molecular weight excluding hydrogens is 316 g/mol. The van der Waals surface area contributed by atoms with Gasteiger partial charge in [0.1, 0.15) is 11.9 Å². The lowest BCUT2D eigenvalue weighted by atomic mass is 9.81. The summed E-state index contributed by atoms with van der Waals surface area (Å²) in [7, 11) is 0. The summed E-state index contributed by atoms with van der Waals surface area (Å²) in [5, 5.41) is 14.6. The van der Waals surface area contributed by atoms with Crippen LogP contribution in [0.1, 0.15) is 32.1 Å². The van der Waals surface area contributed by atoms with E-state index in [1.165, 1.54) is 0 Å². The van der Waals surface area contributed by atoms with E-state index in [9.17, 15) is 4.79 Å². The zero-order valence-corrected chi connectivity index (χ0v) is 13.9. The number of carbonyl (C=O) groups is 1. The summed E-state index contributed by atoms with van der Waals surface area (Å²) >= 11 is 0. The van der Waals surface area contributed by atoms with Gasteiger partial charge in [0.25, 0.3) is 5.91 Å². The number of amides is 1. The van der Waals surface area contributed by atoms with Gasteiger partial charge in [0.05, 0.1) is 0 Å².